The van der Waals surface area contributed by atoms with Crippen molar-refractivity contribution in [3.63, 3.8) is 0 Å². The lowest BCUT2D eigenvalue weighted by molar-refractivity contribution is 0.542. The summed E-state index contributed by atoms with van der Waals surface area (Å²) >= 11 is 0. The molecule has 0 radical (unpaired) electrons. The summed E-state index contributed by atoms with van der Waals surface area (Å²) in [6, 6.07) is 0. The van der Waals surface area contributed by atoms with Crippen LogP contribution in [0.4, 0.5) is 0 Å². The molecule has 0 aromatic carbocycles. The maximum Gasteiger partial charge on any atom is 0.174 e. The quantitative estimate of drug-likeness (QED) is 0.471. The summed E-state index contributed by atoms with van der Waals surface area (Å²) < 4.78 is 5.29. The largest absolute Gasteiger partial charge is 0.449 e. The van der Waals surface area contributed by atoms with Gasteiger partial charge in [-0.15, -0.1) is 0 Å². The van der Waals surface area contributed by atoms with Crippen molar-refractivity contribution in [3.05, 3.63) is 46.5 Å². The molecular weight excluding hydrogens is 136 g/mol. The summed E-state index contributed by atoms with van der Waals surface area (Å²) in [6.45, 7) is 0. The zero-order valence-electron chi connectivity index (χ0n) is 5.92. The average molecular weight is 142 g/mol. The molecule has 2 bridgehead atoms. The van der Waals surface area contributed by atoms with Gasteiger partial charge in [-0.05, 0) is 23.6 Å². The van der Waals surface area contributed by atoms with Crippen LogP contribution >= 0.6 is 0 Å². The van der Waals surface area contributed by atoms with E-state index in [2.05, 4.69) is 18.2 Å². The van der Waals surface area contributed by atoms with E-state index in [1.54, 1.807) is 0 Å². The van der Waals surface area contributed by atoms with Crippen LogP contribution in [0.15, 0.2) is 46.5 Å². The fourth-order valence-electron chi connectivity index (χ4n) is 2.34. The van der Waals surface area contributed by atoms with Gasteiger partial charge in [0.25, 0.3) is 0 Å². The van der Waals surface area contributed by atoms with Crippen molar-refractivity contribution in [2.45, 2.75) is 6.42 Å². The van der Waals surface area contributed by atoms with Gasteiger partial charge in [-0.1, -0.05) is 12.2 Å². The van der Waals surface area contributed by atoms with Crippen LogP contribution in [0.5, 0.6) is 0 Å². The van der Waals surface area contributed by atoms with Crippen molar-refractivity contribution in [2.24, 2.45) is 5.92 Å². The topological polar surface area (TPSA) is 12.5 Å². The van der Waals surface area contributed by atoms with E-state index < -0.39 is 0 Å². The van der Waals surface area contributed by atoms with Gasteiger partial charge in [-0.3, -0.25) is 0 Å². The minimum atomic E-state index is 0.659. The standard InChI is InChI=1S/C10H6O/c1-2-6-3-5(1)7-4-8-10(11-8)9(6)7/h1-2,4,6H,3H2. The Kier molecular flexibility index (Phi) is 0.466. The van der Waals surface area contributed by atoms with Gasteiger partial charge in [0.1, 0.15) is 0 Å². The Morgan fingerprint density at radius 1 is 1.45 bits per heavy atom. The smallest absolute Gasteiger partial charge is 0.174 e. The highest BCUT2D eigenvalue weighted by molar-refractivity contribution is 5.70. The minimum Gasteiger partial charge on any atom is -0.449 e. The van der Waals surface area contributed by atoms with Crippen LogP contribution in [0.25, 0.3) is 0 Å². The van der Waals surface area contributed by atoms with E-state index in [1.165, 1.54) is 28.9 Å². The predicted octanol–water partition coefficient (Wildman–Crippen LogP) is 2.05. The molecule has 1 heterocycles. The maximum atomic E-state index is 5.29. The molecule has 0 saturated carbocycles. The molecule has 1 fully saturated rings. The fourth-order valence-corrected chi connectivity index (χ4v) is 2.34. The molecule has 3 aliphatic carbocycles. The van der Waals surface area contributed by atoms with E-state index in [0.29, 0.717) is 5.92 Å². The van der Waals surface area contributed by atoms with E-state index in [9.17, 15) is 0 Å². The van der Waals surface area contributed by atoms with Gasteiger partial charge >= 0.3 is 0 Å². The number of hydrogen-bond acceptors (Lipinski definition) is 1. The molecule has 4 rings (SSSR count). The molecule has 11 heavy (non-hydrogen) atoms. The third-order valence-electron chi connectivity index (χ3n) is 2.89. The van der Waals surface area contributed by atoms with Gasteiger partial charge in [0.15, 0.2) is 11.5 Å². The molecule has 1 aliphatic heterocycles. The Morgan fingerprint density at radius 3 is 3.36 bits per heavy atom. The second kappa shape index (κ2) is 1.11. The van der Waals surface area contributed by atoms with Gasteiger partial charge in [0.05, 0.1) is 0 Å². The van der Waals surface area contributed by atoms with Crippen molar-refractivity contribution in [1.82, 2.24) is 0 Å². The lowest BCUT2D eigenvalue weighted by Crippen LogP contribution is -1.92. The maximum absolute atomic E-state index is 5.29. The van der Waals surface area contributed by atoms with Crippen molar-refractivity contribution < 1.29 is 4.74 Å². The number of fused-ring (bicyclic) bond motifs is 5. The first-order valence-corrected chi connectivity index (χ1v) is 3.99. The molecule has 0 spiro atoms. The highest BCUT2D eigenvalue weighted by Crippen LogP contribution is 2.56. The lowest BCUT2D eigenvalue weighted by Gasteiger charge is -2.04. The van der Waals surface area contributed by atoms with Crippen LogP contribution in [-0.2, 0) is 4.74 Å². The van der Waals surface area contributed by atoms with Gasteiger partial charge in [-0.2, -0.15) is 0 Å². The van der Waals surface area contributed by atoms with Crippen molar-refractivity contribution in [3.8, 4) is 0 Å². The molecule has 4 aliphatic rings. The number of ether oxygens (including phenoxy) is 1. The molecule has 0 aromatic heterocycles. The molecular formula is C10H6O. The fraction of sp³-hybridized carbons (Fsp3) is 0.200. The Balaban J connectivity index is 2.16. The number of allylic oxidation sites excluding steroid dienone is 6. The first-order chi connectivity index (χ1) is 5.43. The molecule has 1 atom stereocenters. The Labute approximate surface area is 64.4 Å². The molecule has 1 unspecified atom stereocenters. The van der Waals surface area contributed by atoms with Crippen LogP contribution in [0.3, 0.4) is 0 Å². The van der Waals surface area contributed by atoms with Crippen molar-refractivity contribution >= 4 is 0 Å². The minimum absolute atomic E-state index is 0.659. The zero-order chi connectivity index (χ0) is 7.00. The first kappa shape index (κ1) is 4.60. The molecule has 1 heteroatoms. The molecule has 52 valence electrons. The molecule has 0 aromatic rings. The second-order valence-electron chi connectivity index (χ2n) is 3.46. The number of rotatable bonds is 0. The summed E-state index contributed by atoms with van der Waals surface area (Å²) in [5.74, 6) is 2.97. The predicted molar refractivity (Wildman–Crippen MR) is 40.5 cm³/mol. The van der Waals surface area contributed by atoms with Crippen LogP contribution in [-0.4, -0.2) is 0 Å². The summed E-state index contributed by atoms with van der Waals surface area (Å²) in [5, 5.41) is 0. The third-order valence-corrected chi connectivity index (χ3v) is 2.89. The number of hydrogen-bond donors (Lipinski definition) is 0. The first-order valence-electron chi connectivity index (χ1n) is 3.99. The highest BCUT2D eigenvalue weighted by Gasteiger charge is 2.45. The van der Waals surface area contributed by atoms with Crippen molar-refractivity contribution in [2.75, 3.05) is 0 Å². The van der Waals surface area contributed by atoms with Gasteiger partial charge in [0.2, 0.25) is 0 Å². The average Bonchev–Trinajstić information content (AvgIpc) is 2.53. The van der Waals surface area contributed by atoms with Crippen molar-refractivity contribution in [1.29, 1.82) is 0 Å². The summed E-state index contributed by atoms with van der Waals surface area (Å²) in [6.07, 6.45) is 7.95. The molecule has 1 nitrogen and oxygen atoms in total. The van der Waals surface area contributed by atoms with Gasteiger partial charge in [-0.25, -0.2) is 0 Å². The van der Waals surface area contributed by atoms with E-state index in [-0.39, 0.29) is 0 Å². The summed E-state index contributed by atoms with van der Waals surface area (Å²) in [7, 11) is 0. The monoisotopic (exact) mass is 142 g/mol. The Bertz CT molecular complexity index is 405. The second-order valence-corrected chi connectivity index (χ2v) is 3.46. The Hall–Kier alpha value is -1.24. The van der Waals surface area contributed by atoms with Gasteiger partial charge < -0.3 is 4.74 Å². The lowest BCUT2D eigenvalue weighted by atomic mass is 9.99. The molecule has 1 saturated heterocycles. The van der Waals surface area contributed by atoms with Crippen LogP contribution in [0.2, 0.25) is 0 Å². The number of epoxide rings is 1. The molecule has 0 amide bonds. The Morgan fingerprint density at radius 2 is 2.45 bits per heavy atom. The van der Waals surface area contributed by atoms with E-state index >= 15 is 0 Å². The van der Waals surface area contributed by atoms with E-state index in [0.717, 1.165) is 5.76 Å². The third kappa shape index (κ3) is 0.351. The normalized spacial score (nSPS) is 34.2. The molecule has 0 N–H and O–H groups in total. The summed E-state index contributed by atoms with van der Waals surface area (Å²) in [4.78, 5) is 0. The van der Waals surface area contributed by atoms with E-state index in [1.807, 2.05) is 0 Å². The van der Waals surface area contributed by atoms with Crippen LogP contribution in [0, 0.1) is 5.92 Å². The van der Waals surface area contributed by atoms with E-state index in [4.69, 9.17) is 4.74 Å². The zero-order valence-corrected chi connectivity index (χ0v) is 5.92. The SMILES string of the molecule is C1=CC2CC1=C1C=C3OC3=C12. The highest BCUT2D eigenvalue weighted by atomic mass is 16.6. The summed E-state index contributed by atoms with van der Waals surface area (Å²) in [5.41, 5.74) is 4.45. The van der Waals surface area contributed by atoms with Crippen LogP contribution in [0.1, 0.15) is 6.42 Å². The van der Waals surface area contributed by atoms with Crippen LogP contribution < -0.4 is 0 Å². The van der Waals surface area contributed by atoms with Gasteiger partial charge in [0, 0.05) is 11.5 Å².